The van der Waals surface area contributed by atoms with Crippen LogP contribution in [0.5, 0.6) is 0 Å². The van der Waals surface area contributed by atoms with Crippen molar-refractivity contribution in [2.75, 3.05) is 0 Å². The fraction of sp³-hybridized carbons (Fsp3) is 0.143. The molecule has 0 aliphatic rings. The third-order valence-corrected chi connectivity index (χ3v) is 2.10. The molecule has 0 fully saturated rings. The molecule has 0 radical (unpaired) electrons. The predicted octanol–water partition coefficient (Wildman–Crippen LogP) is 1.47. The molecular weight excluding hydrogens is 215 g/mol. The Labute approximate surface area is 84.3 Å². The summed E-state index contributed by atoms with van der Waals surface area (Å²) in [5.74, 6) is -1.16. The van der Waals surface area contributed by atoms with Crippen LogP contribution < -0.4 is 5.73 Å². The first-order valence-corrected chi connectivity index (χ1v) is 4.08. The lowest BCUT2D eigenvalue weighted by atomic mass is 10.2. The SMILES string of the molecule is NC(C(=O)O)c1ccc(Cl)c(Cl)n1. The fourth-order valence-electron chi connectivity index (χ4n) is 0.731. The molecule has 4 nitrogen and oxygen atoms in total. The van der Waals surface area contributed by atoms with Crippen molar-refractivity contribution in [2.45, 2.75) is 6.04 Å². The van der Waals surface area contributed by atoms with Gasteiger partial charge in [0.25, 0.3) is 0 Å². The van der Waals surface area contributed by atoms with Gasteiger partial charge in [0, 0.05) is 0 Å². The quantitative estimate of drug-likeness (QED) is 0.741. The van der Waals surface area contributed by atoms with E-state index in [1.807, 2.05) is 0 Å². The third kappa shape index (κ3) is 2.30. The monoisotopic (exact) mass is 220 g/mol. The Bertz CT molecular complexity index is 343. The maximum Gasteiger partial charge on any atom is 0.326 e. The number of aromatic nitrogens is 1. The summed E-state index contributed by atoms with van der Waals surface area (Å²) in [6.07, 6.45) is 0. The van der Waals surface area contributed by atoms with E-state index in [0.717, 1.165) is 0 Å². The van der Waals surface area contributed by atoms with Crippen LogP contribution in [0.3, 0.4) is 0 Å². The third-order valence-electron chi connectivity index (χ3n) is 1.41. The van der Waals surface area contributed by atoms with Gasteiger partial charge >= 0.3 is 5.97 Å². The summed E-state index contributed by atoms with van der Waals surface area (Å²) in [4.78, 5) is 14.2. The van der Waals surface area contributed by atoms with Crippen LogP contribution in [0.4, 0.5) is 0 Å². The molecule has 1 aromatic rings. The second-order valence-electron chi connectivity index (χ2n) is 2.32. The Morgan fingerprint density at radius 3 is 2.62 bits per heavy atom. The van der Waals surface area contributed by atoms with Crippen molar-refractivity contribution < 1.29 is 9.90 Å². The number of aliphatic carboxylic acids is 1. The summed E-state index contributed by atoms with van der Waals surface area (Å²) >= 11 is 11.2. The normalized spacial score (nSPS) is 12.5. The number of pyridine rings is 1. The largest absolute Gasteiger partial charge is 0.480 e. The second kappa shape index (κ2) is 3.91. The van der Waals surface area contributed by atoms with E-state index in [9.17, 15) is 4.79 Å². The summed E-state index contributed by atoms with van der Waals surface area (Å²) in [6, 6.07) is 1.71. The average molecular weight is 221 g/mol. The minimum atomic E-state index is -1.17. The smallest absolute Gasteiger partial charge is 0.326 e. The van der Waals surface area contributed by atoms with Crippen molar-refractivity contribution in [1.29, 1.82) is 0 Å². The number of halogens is 2. The van der Waals surface area contributed by atoms with Gasteiger partial charge in [-0.25, -0.2) is 4.98 Å². The van der Waals surface area contributed by atoms with Gasteiger partial charge in [0.1, 0.15) is 11.2 Å². The fourth-order valence-corrected chi connectivity index (χ4v) is 0.997. The molecule has 1 aromatic heterocycles. The first kappa shape index (κ1) is 10.2. The molecule has 0 saturated heterocycles. The van der Waals surface area contributed by atoms with Crippen molar-refractivity contribution in [1.82, 2.24) is 4.98 Å². The molecule has 1 unspecified atom stereocenters. The van der Waals surface area contributed by atoms with E-state index >= 15 is 0 Å². The van der Waals surface area contributed by atoms with Crippen LogP contribution in [0, 0.1) is 0 Å². The molecule has 0 aliphatic carbocycles. The van der Waals surface area contributed by atoms with Crippen molar-refractivity contribution in [3.63, 3.8) is 0 Å². The van der Waals surface area contributed by atoms with E-state index < -0.39 is 12.0 Å². The Balaban J connectivity index is 3.03. The van der Waals surface area contributed by atoms with Crippen LogP contribution in [-0.2, 0) is 4.79 Å². The van der Waals surface area contributed by atoms with E-state index in [1.165, 1.54) is 12.1 Å². The molecule has 0 saturated carbocycles. The van der Waals surface area contributed by atoms with Crippen LogP contribution in [0.25, 0.3) is 0 Å². The van der Waals surface area contributed by atoms with Crippen LogP contribution in [0.2, 0.25) is 10.2 Å². The molecule has 6 heteroatoms. The lowest BCUT2D eigenvalue weighted by Gasteiger charge is -2.05. The van der Waals surface area contributed by atoms with E-state index in [0.29, 0.717) is 0 Å². The molecule has 1 heterocycles. The first-order chi connectivity index (χ1) is 6.02. The van der Waals surface area contributed by atoms with Gasteiger partial charge in [-0.05, 0) is 12.1 Å². The first-order valence-electron chi connectivity index (χ1n) is 3.32. The van der Waals surface area contributed by atoms with Crippen molar-refractivity contribution >= 4 is 29.2 Å². The van der Waals surface area contributed by atoms with Crippen LogP contribution in [0.15, 0.2) is 12.1 Å². The number of carboxylic acid groups (broad SMARTS) is 1. The van der Waals surface area contributed by atoms with Gasteiger partial charge in [-0.3, -0.25) is 4.79 Å². The zero-order valence-corrected chi connectivity index (χ0v) is 7.88. The standard InChI is InChI=1S/C7H6Cl2N2O2/c8-3-1-2-4(11-6(3)9)5(10)7(12)13/h1-2,5H,10H2,(H,12,13). The lowest BCUT2D eigenvalue weighted by molar-refractivity contribution is -0.138. The van der Waals surface area contributed by atoms with Gasteiger partial charge in [0.05, 0.1) is 10.7 Å². The van der Waals surface area contributed by atoms with E-state index in [1.54, 1.807) is 0 Å². The molecule has 0 aromatic carbocycles. The Morgan fingerprint density at radius 1 is 1.54 bits per heavy atom. The molecule has 1 atom stereocenters. The number of carboxylic acids is 1. The Kier molecular flexibility index (Phi) is 3.08. The average Bonchev–Trinajstić information content (AvgIpc) is 2.08. The Hall–Kier alpha value is -0.840. The van der Waals surface area contributed by atoms with Gasteiger partial charge in [-0.15, -0.1) is 0 Å². The highest BCUT2D eigenvalue weighted by atomic mass is 35.5. The number of nitrogens with two attached hydrogens (primary N) is 1. The minimum absolute atomic E-state index is 0.0517. The number of nitrogens with zero attached hydrogens (tertiary/aromatic N) is 1. The number of rotatable bonds is 2. The molecule has 0 amide bonds. The minimum Gasteiger partial charge on any atom is -0.480 e. The predicted molar refractivity (Wildman–Crippen MR) is 48.8 cm³/mol. The molecule has 3 N–H and O–H groups in total. The summed E-state index contributed by atoms with van der Waals surface area (Å²) in [7, 11) is 0. The van der Waals surface area contributed by atoms with Gasteiger partial charge in [-0.1, -0.05) is 23.2 Å². The molecule has 0 bridgehead atoms. The van der Waals surface area contributed by atoms with Gasteiger partial charge in [0.2, 0.25) is 0 Å². The topological polar surface area (TPSA) is 76.2 Å². The number of carbonyl (C=O) groups is 1. The van der Waals surface area contributed by atoms with Crippen LogP contribution in [0.1, 0.15) is 11.7 Å². The van der Waals surface area contributed by atoms with Gasteiger partial charge < -0.3 is 10.8 Å². The summed E-state index contributed by atoms with van der Waals surface area (Å²) in [5.41, 5.74) is 5.48. The zero-order valence-electron chi connectivity index (χ0n) is 6.37. The van der Waals surface area contributed by atoms with Crippen LogP contribution >= 0.6 is 23.2 Å². The van der Waals surface area contributed by atoms with Crippen LogP contribution in [-0.4, -0.2) is 16.1 Å². The highest BCUT2D eigenvalue weighted by molar-refractivity contribution is 6.41. The van der Waals surface area contributed by atoms with Gasteiger partial charge in [0.15, 0.2) is 0 Å². The maximum absolute atomic E-state index is 10.5. The lowest BCUT2D eigenvalue weighted by Crippen LogP contribution is -2.21. The van der Waals surface area contributed by atoms with Gasteiger partial charge in [-0.2, -0.15) is 0 Å². The number of hydrogen-bond acceptors (Lipinski definition) is 3. The van der Waals surface area contributed by atoms with E-state index in [-0.39, 0.29) is 15.9 Å². The number of hydrogen-bond donors (Lipinski definition) is 2. The van der Waals surface area contributed by atoms with Crippen molar-refractivity contribution in [2.24, 2.45) is 5.73 Å². The highest BCUT2D eigenvalue weighted by Crippen LogP contribution is 2.21. The summed E-state index contributed by atoms with van der Waals surface area (Å²) in [6.45, 7) is 0. The van der Waals surface area contributed by atoms with E-state index in [4.69, 9.17) is 34.0 Å². The zero-order chi connectivity index (χ0) is 10.0. The molecule has 13 heavy (non-hydrogen) atoms. The molecule has 70 valence electrons. The Morgan fingerprint density at radius 2 is 2.15 bits per heavy atom. The van der Waals surface area contributed by atoms with Crippen molar-refractivity contribution in [3.8, 4) is 0 Å². The maximum atomic E-state index is 10.5. The molecule has 1 rings (SSSR count). The molecule has 0 aliphatic heterocycles. The van der Waals surface area contributed by atoms with Crippen molar-refractivity contribution in [3.05, 3.63) is 28.0 Å². The highest BCUT2D eigenvalue weighted by Gasteiger charge is 2.16. The second-order valence-corrected chi connectivity index (χ2v) is 3.09. The summed E-state index contributed by atoms with van der Waals surface area (Å²) < 4.78 is 0. The summed E-state index contributed by atoms with van der Waals surface area (Å²) in [5, 5.41) is 8.87. The molecule has 0 spiro atoms. The molecular formula is C7H6Cl2N2O2. The van der Waals surface area contributed by atoms with E-state index in [2.05, 4.69) is 4.98 Å².